The van der Waals surface area contributed by atoms with E-state index >= 15 is 0 Å². The smallest absolute Gasteiger partial charge is 0.164 e. The van der Waals surface area contributed by atoms with Gasteiger partial charge in [0.05, 0.1) is 0 Å². The first-order chi connectivity index (χ1) is 31.7. The van der Waals surface area contributed by atoms with Crippen molar-refractivity contribution in [3.8, 4) is 67.5 Å². The Morgan fingerprint density at radius 3 is 1.67 bits per heavy atom. The van der Waals surface area contributed by atoms with Gasteiger partial charge in [-0.2, -0.15) is 0 Å². The molecule has 298 valence electrons. The highest BCUT2D eigenvalue weighted by atomic mass is 16.3. The summed E-state index contributed by atoms with van der Waals surface area (Å²) in [4.78, 5) is 15.6. The van der Waals surface area contributed by atoms with Crippen LogP contribution in [0.3, 0.4) is 0 Å². The molecule has 5 heteroatoms. The third kappa shape index (κ3) is 5.90. The van der Waals surface area contributed by atoms with Crippen molar-refractivity contribution in [2.24, 2.45) is 0 Å². The third-order valence-corrected chi connectivity index (χ3v) is 12.5. The van der Waals surface area contributed by atoms with Crippen molar-refractivity contribution in [2.75, 3.05) is 0 Å². The molecule has 0 amide bonds. The van der Waals surface area contributed by atoms with Gasteiger partial charge in [0.15, 0.2) is 17.5 Å². The lowest BCUT2D eigenvalue weighted by Gasteiger charge is -2.13. The van der Waals surface area contributed by atoms with Gasteiger partial charge in [-0.05, 0) is 85.8 Å². The average molecular weight is 818 g/mol. The molecule has 0 spiro atoms. The minimum atomic E-state index is 0.588. The summed E-state index contributed by atoms with van der Waals surface area (Å²) in [5.74, 6) is 1.80. The maximum Gasteiger partial charge on any atom is 0.164 e. The molecular formula is C59H35N3O2. The second kappa shape index (κ2) is 14.5. The SMILES string of the molecule is c1ccc(-c2nc(-c3cc(-c4ccc(-c5cccc6oc7c(-c8ccc9ccccc9c8)cccc7c56)cc4)cc4ccccc34)nc(-c3cccc4oc5ccccc5c34)n2)cc1. The third-order valence-electron chi connectivity index (χ3n) is 12.5. The summed E-state index contributed by atoms with van der Waals surface area (Å²) in [7, 11) is 0. The summed E-state index contributed by atoms with van der Waals surface area (Å²) >= 11 is 0. The lowest BCUT2D eigenvalue weighted by atomic mass is 9.93. The molecule has 0 atom stereocenters. The van der Waals surface area contributed by atoms with Crippen LogP contribution in [0.15, 0.2) is 221 Å². The minimum absolute atomic E-state index is 0.588. The highest BCUT2D eigenvalue weighted by Crippen LogP contribution is 2.43. The number of aromatic nitrogens is 3. The van der Waals surface area contributed by atoms with Crippen LogP contribution in [-0.2, 0) is 0 Å². The normalized spacial score (nSPS) is 11.8. The predicted molar refractivity (Wildman–Crippen MR) is 262 cm³/mol. The molecule has 0 unspecified atom stereocenters. The Morgan fingerprint density at radius 2 is 0.828 bits per heavy atom. The molecule has 0 aliphatic carbocycles. The fourth-order valence-corrected chi connectivity index (χ4v) is 9.47. The number of nitrogens with zero attached hydrogens (tertiary/aromatic N) is 3. The molecule has 0 saturated carbocycles. The second-order valence-electron chi connectivity index (χ2n) is 16.3. The molecule has 3 heterocycles. The van der Waals surface area contributed by atoms with Crippen LogP contribution in [0.5, 0.6) is 0 Å². The first-order valence-corrected chi connectivity index (χ1v) is 21.5. The molecule has 64 heavy (non-hydrogen) atoms. The zero-order valence-corrected chi connectivity index (χ0v) is 34.4. The molecule has 0 radical (unpaired) electrons. The van der Waals surface area contributed by atoms with Crippen LogP contribution in [0.2, 0.25) is 0 Å². The summed E-state index contributed by atoms with van der Waals surface area (Å²) in [6.07, 6.45) is 0. The molecule has 10 aromatic carbocycles. The second-order valence-corrected chi connectivity index (χ2v) is 16.3. The molecule has 0 saturated heterocycles. The van der Waals surface area contributed by atoms with E-state index in [9.17, 15) is 0 Å². The fourth-order valence-electron chi connectivity index (χ4n) is 9.47. The Hall–Kier alpha value is -8.67. The van der Waals surface area contributed by atoms with Crippen molar-refractivity contribution in [1.29, 1.82) is 0 Å². The van der Waals surface area contributed by atoms with Crippen molar-refractivity contribution in [1.82, 2.24) is 15.0 Å². The van der Waals surface area contributed by atoms with Gasteiger partial charge >= 0.3 is 0 Å². The number of benzene rings is 10. The Labute approximate surface area is 367 Å². The predicted octanol–water partition coefficient (Wildman–Crippen LogP) is 16.0. The molecule has 3 aromatic heterocycles. The Bertz CT molecular complexity index is 3960. The van der Waals surface area contributed by atoms with Crippen LogP contribution in [0.4, 0.5) is 0 Å². The summed E-state index contributed by atoms with van der Waals surface area (Å²) < 4.78 is 13.0. The molecule has 5 nitrogen and oxygen atoms in total. The largest absolute Gasteiger partial charge is 0.456 e. The number of hydrogen-bond acceptors (Lipinski definition) is 5. The monoisotopic (exact) mass is 817 g/mol. The van der Waals surface area contributed by atoms with E-state index in [0.29, 0.717) is 17.5 Å². The van der Waals surface area contributed by atoms with Gasteiger partial charge in [0.25, 0.3) is 0 Å². The number of fused-ring (bicyclic) bond motifs is 8. The fraction of sp³-hybridized carbons (Fsp3) is 0. The van der Waals surface area contributed by atoms with Gasteiger partial charge in [-0.15, -0.1) is 0 Å². The maximum atomic E-state index is 6.69. The summed E-state index contributed by atoms with van der Waals surface area (Å²) in [6, 6.07) is 74.0. The van der Waals surface area contributed by atoms with Crippen molar-refractivity contribution in [3.05, 3.63) is 212 Å². The number of para-hydroxylation sites is 2. The Balaban J connectivity index is 0.936. The highest BCUT2D eigenvalue weighted by molar-refractivity contribution is 6.16. The van der Waals surface area contributed by atoms with Gasteiger partial charge in [-0.3, -0.25) is 0 Å². The molecule has 0 bridgehead atoms. The van der Waals surface area contributed by atoms with Gasteiger partial charge in [0, 0.05) is 43.8 Å². The Morgan fingerprint density at radius 1 is 0.266 bits per heavy atom. The van der Waals surface area contributed by atoms with Crippen molar-refractivity contribution >= 4 is 65.4 Å². The van der Waals surface area contributed by atoms with E-state index in [-0.39, 0.29) is 0 Å². The van der Waals surface area contributed by atoms with E-state index in [4.69, 9.17) is 23.8 Å². The van der Waals surface area contributed by atoms with E-state index in [1.807, 2.05) is 60.7 Å². The van der Waals surface area contributed by atoms with E-state index in [0.717, 1.165) is 105 Å². The van der Waals surface area contributed by atoms with Gasteiger partial charge in [0.1, 0.15) is 22.3 Å². The van der Waals surface area contributed by atoms with Crippen LogP contribution in [0, 0.1) is 0 Å². The standard InChI is InChI=1S/C59H35N3O2/c1-2-14-39(15-3-1)57-60-58(49-23-12-25-52-55(49)47-19-8-9-24-51(47)63-52)62-59(61-57)50-35-43(34-41-17-6-7-18-44(41)50)37-27-30-38(31-28-37)45-20-11-26-53-54(45)48-22-10-21-46(56(48)64-53)42-32-29-36-13-4-5-16-40(36)33-42/h1-35H. The zero-order valence-electron chi connectivity index (χ0n) is 34.4. The molecule has 13 rings (SSSR count). The molecule has 13 aromatic rings. The van der Waals surface area contributed by atoms with Crippen LogP contribution < -0.4 is 0 Å². The Kier molecular flexibility index (Phi) is 8.15. The zero-order chi connectivity index (χ0) is 42.1. The number of hydrogen-bond donors (Lipinski definition) is 0. The van der Waals surface area contributed by atoms with Gasteiger partial charge < -0.3 is 8.83 Å². The van der Waals surface area contributed by atoms with Crippen LogP contribution >= 0.6 is 0 Å². The highest BCUT2D eigenvalue weighted by Gasteiger charge is 2.20. The number of rotatable bonds is 6. The summed E-state index contributed by atoms with van der Waals surface area (Å²) in [5, 5.41) is 8.81. The molecule has 0 fully saturated rings. The maximum absolute atomic E-state index is 6.69. The molecule has 0 aliphatic heterocycles. The van der Waals surface area contributed by atoms with Crippen LogP contribution in [0.1, 0.15) is 0 Å². The quantitative estimate of drug-likeness (QED) is 0.167. The van der Waals surface area contributed by atoms with Crippen LogP contribution in [-0.4, -0.2) is 15.0 Å². The van der Waals surface area contributed by atoms with E-state index in [2.05, 4.69) is 152 Å². The lowest BCUT2D eigenvalue weighted by molar-refractivity contribution is 0.669. The summed E-state index contributed by atoms with van der Waals surface area (Å²) in [6.45, 7) is 0. The van der Waals surface area contributed by atoms with E-state index < -0.39 is 0 Å². The first-order valence-electron chi connectivity index (χ1n) is 21.5. The van der Waals surface area contributed by atoms with Crippen LogP contribution in [0.25, 0.3) is 133 Å². The van der Waals surface area contributed by atoms with Crippen molar-refractivity contribution < 1.29 is 8.83 Å². The van der Waals surface area contributed by atoms with Gasteiger partial charge in [-0.25, -0.2) is 15.0 Å². The summed E-state index contributed by atoms with van der Waals surface area (Å²) in [5.41, 5.74) is 12.7. The average Bonchev–Trinajstić information content (AvgIpc) is 3.95. The van der Waals surface area contributed by atoms with Gasteiger partial charge in [0.2, 0.25) is 0 Å². The first kappa shape index (κ1) is 36.0. The van der Waals surface area contributed by atoms with Crippen molar-refractivity contribution in [2.45, 2.75) is 0 Å². The van der Waals surface area contributed by atoms with E-state index in [1.165, 1.54) is 10.8 Å². The lowest BCUT2D eigenvalue weighted by Crippen LogP contribution is -2.01. The van der Waals surface area contributed by atoms with Crippen molar-refractivity contribution in [3.63, 3.8) is 0 Å². The minimum Gasteiger partial charge on any atom is -0.456 e. The topological polar surface area (TPSA) is 65.0 Å². The van der Waals surface area contributed by atoms with E-state index in [1.54, 1.807) is 0 Å². The molecule has 0 aliphatic rings. The van der Waals surface area contributed by atoms with Gasteiger partial charge in [-0.1, -0.05) is 176 Å². The molecular weight excluding hydrogens is 783 g/mol. The number of furan rings is 2. The molecule has 0 N–H and O–H groups in total.